The van der Waals surface area contributed by atoms with Gasteiger partial charge in [0.25, 0.3) is 0 Å². The number of rotatable bonds is 9. The second-order valence-electron chi connectivity index (χ2n) is 9.18. The van der Waals surface area contributed by atoms with Crippen molar-refractivity contribution in [3.8, 4) is 12.1 Å². The molecule has 3 N–H and O–H groups in total. The molecule has 0 bridgehead atoms. The summed E-state index contributed by atoms with van der Waals surface area (Å²) >= 11 is 1.48. The van der Waals surface area contributed by atoms with Crippen molar-refractivity contribution < 1.29 is 14.7 Å². The third kappa shape index (κ3) is 7.37. The van der Waals surface area contributed by atoms with Crippen molar-refractivity contribution in [1.29, 1.82) is 10.5 Å². The second kappa shape index (κ2) is 13.7. The zero-order valence-electron chi connectivity index (χ0n) is 22.0. The molecule has 38 heavy (non-hydrogen) atoms. The molecule has 0 unspecified atom stereocenters. The number of benzene rings is 1. The summed E-state index contributed by atoms with van der Waals surface area (Å²) in [6.45, 7) is 7.20. The van der Waals surface area contributed by atoms with E-state index >= 15 is 0 Å². The Hall–Kier alpha value is -3.80. The van der Waals surface area contributed by atoms with Gasteiger partial charge in [0, 0.05) is 31.9 Å². The highest BCUT2D eigenvalue weighted by Crippen LogP contribution is 2.33. The number of amides is 2. The molecule has 1 aromatic heterocycles. The van der Waals surface area contributed by atoms with Crippen molar-refractivity contribution in [2.75, 3.05) is 38.1 Å². The van der Waals surface area contributed by atoms with Crippen LogP contribution in [-0.2, 0) is 23.5 Å². The van der Waals surface area contributed by atoms with Crippen molar-refractivity contribution in [3.63, 3.8) is 0 Å². The Morgan fingerprint density at radius 2 is 1.79 bits per heavy atom. The molecule has 11 heteroatoms. The molecular weight excluding hydrogens is 502 g/mol. The van der Waals surface area contributed by atoms with Crippen LogP contribution >= 0.6 is 11.8 Å². The van der Waals surface area contributed by atoms with E-state index < -0.39 is 18.0 Å². The predicted octanol–water partition coefficient (Wildman–Crippen LogP) is 3.09. The number of carboxylic acid groups (broad SMARTS) is 1. The summed E-state index contributed by atoms with van der Waals surface area (Å²) < 4.78 is 0. The van der Waals surface area contributed by atoms with E-state index in [1.54, 1.807) is 0 Å². The van der Waals surface area contributed by atoms with Gasteiger partial charge >= 0.3 is 6.09 Å². The van der Waals surface area contributed by atoms with E-state index in [0.29, 0.717) is 34.1 Å². The summed E-state index contributed by atoms with van der Waals surface area (Å²) in [6.07, 6.45) is 0.307. The van der Waals surface area contributed by atoms with Crippen molar-refractivity contribution >= 4 is 29.6 Å². The molecule has 1 atom stereocenters. The molecule has 0 radical (unpaired) electrons. The number of nitrogens with zero attached hydrogens (tertiary/aromatic N) is 5. The Balaban J connectivity index is 1.74. The molecule has 200 valence electrons. The monoisotopic (exact) mass is 535 g/mol. The number of carbonyl (C=O) groups is 2. The van der Waals surface area contributed by atoms with Crippen molar-refractivity contribution in [3.05, 3.63) is 52.1 Å². The number of thioether (sulfide) groups is 1. The lowest BCUT2D eigenvalue weighted by atomic mass is 10.0. The molecular formula is C27H33N7O3S. The highest BCUT2D eigenvalue weighted by Gasteiger charge is 2.24. The summed E-state index contributed by atoms with van der Waals surface area (Å²) in [5.41, 5.74) is 3.62. The van der Waals surface area contributed by atoms with Crippen LogP contribution in [-0.4, -0.2) is 66.3 Å². The van der Waals surface area contributed by atoms with Crippen LogP contribution in [0.3, 0.4) is 0 Å². The first-order valence-electron chi connectivity index (χ1n) is 12.6. The normalized spacial score (nSPS) is 14.6. The minimum Gasteiger partial charge on any atom is -0.465 e. The number of nitriles is 2. The van der Waals surface area contributed by atoms with E-state index in [1.807, 2.05) is 31.2 Å². The molecule has 10 nitrogen and oxygen atoms in total. The van der Waals surface area contributed by atoms with Gasteiger partial charge in [0.2, 0.25) is 5.91 Å². The minimum absolute atomic E-state index is 0.280. The van der Waals surface area contributed by atoms with Crippen LogP contribution in [0.25, 0.3) is 0 Å². The maximum atomic E-state index is 12.0. The Morgan fingerprint density at radius 3 is 2.42 bits per heavy atom. The van der Waals surface area contributed by atoms with Crippen molar-refractivity contribution in [2.45, 2.75) is 50.1 Å². The molecule has 0 saturated carbocycles. The standard InChI is InChI=1S/C27H33N7O3S/c1-4-21-22(14-28)24(34-11-5-10-33(3)12-13-34)32-26(23(21)15-29)38-17-20-8-6-19(7-9-20)16-30-25(35)18(2)31-27(36)37/h6-9,18,31H,4-5,10-13,16-17H2,1-3H3,(H,30,35)(H,36,37)/t18-/m1/s1. The Kier molecular flexibility index (Phi) is 10.3. The van der Waals surface area contributed by atoms with Gasteiger partial charge < -0.3 is 25.5 Å². The molecule has 1 fully saturated rings. The molecule has 1 aliphatic rings. The quantitative estimate of drug-likeness (QED) is 0.412. The molecule has 2 amide bonds. The number of hydrogen-bond acceptors (Lipinski definition) is 8. The number of carbonyl (C=O) groups excluding carboxylic acids is 1. The third-order valence-corrected chi connectivity index (χ3v) is 7.49. The largest absolute Gasteiger partial charge is 0.465 e. The van der Waals surface area contributed by atoms with Gasteiger partial charge in [-0.2, -0.15) is 10.5 Å². The Labute approximate surface area is 227 Å². The number of likely N-dealkylation sites (N-methyl/N-ethyl adjacent to an activating group) is 1. The lowest BCUT2D eigenvalue weighted by Gasteiger charge is -2.25. The molecule has 2 heterocycles. The molecule has 0 spiro atoms. The van der Waals surface area contributed by atoms with Crippen LogP contribution in [0.5, 0.6) is 0 Å². The van der Waals surface area contributed by atoms with Gasteiger partial charge in [0.15, 0.2) is 0 Å². The second-order valence-corrected chi connectivity index (χ2v) is 10.1. The third-order valence-electron chi connectivity index (χ3n) is 6.44. The Morgan fingerprint density at radius 1 is 1.11 bits per heavy atom. The smallest absolute Gasteiger partial charge is 0.405 e. The lowest BCUT2D eigenvalue weighted by Crippen LogP contribution is -2.43. The van der Waals surface area contributed by atoms with E-state index in [-0.39, 0.29) is 6.54 Å². The topological polar surface area (TPSA) is 145 Å². The summed E-state index contributed by atoms with van der Waals surface area (Å²) in [4.78, 5) is 32.0. The van der Waals surface area contributed by atoms with E-state index in [0.717, 1.165) is 49.3 Å². The zero-order valence-corrected chi connectivity index (χ0v) is 22.8. The average Bonchev–Trinajstić information content (AvgIpc) is 3.13. The highest BCUT2D eigenvalue weighted by molar-refractivity contribution is 7.98. The fraction of sp³-hybridized carbons (Fsp3) is 0.444. The Bertz CT molecular complexity index is 1240. The van der Waals surface area contributed by atoms with E-state index in [9.17, 15) is 20.1 Å². The molecule has 3 rings (SSSR count). The number of pyridine rings is 1. The number of hydrogen-bond donors (Lipinski definition) is 3. The van der Waals surface area contributed by atoms with Crippen LogP contribution in [0.1, 0.15) is 48.1 Å². The molecule has 1 saturated heterocycles. The first-order chi connectivity index (χ1) is 18.3. The molecule has 1 aliphatic heterocycles. The van der Waals surface area contributed by atoms with Gasteiger partial charge in [-0.25, -0.2) is 9.78 Å². The maximum Gasteiger partial charge on any atom is 0.405 e. The minimum atomic E-state index is -1.25. The SMILES string of the molecule is CCc1c(C#N)c(SCc2ccc(CNC(=O)[C@@H](C)NC(=O)O)cc2)nc(N2CCCN(C)CC2)c1C#N. The van der Waals surface area contributed by atoms with E-state index in [1.165, 1.54) is 18.7 Å². The number of anilines is 1. The predicted molar refractivity (Wildman–Crippen MR) is 146 cm³/mol. The van der Waals surface area contributed by atoms with Gasteiger partial charge in [-0.1, -0.05) is 31.2 Å². The summed E-state index contributed by atoms with van der Waals surface area (Å²) in [7, 11) is 2.09. The zero-order chi connectivity index (χ0) is 27.7. The molecule has 0 aliphatic carbocycles. The van der Waals surface area contributed by atoms with E-state index in [4.69, 9.17) is 10.1 Å². The van der Waals surface area contributed by atoms with Gasteiger partial charge in [-0.15, -0.1) is 11.8 Å². The van der Waals surface area contributed by atoms with Gasteiger partial charge in [0.1, 0.15) is 29.0 Å². The van der Waals surface area contributed by atoms with Crippen LogP contribution in [0.4, 0.5) is 10.6 Å². The van der Waals surface area contributed by atoms with Crippen LogP contribution in [0.15, 0.2) is 29.3 Å². The van der Waals surface area contributed by atoms with Crippen molar-refractivity contribution in [2.24, 2.45) is 0 Å². The number of nitrogens with one attached hydrogen (secondary N) is 2. The van der Waals surface area contributed by atoms with Gasteiger partial charge in [0.05, 0.1) is 11.1 Å². The summed E-state index contributed by atoms with van der Waals surface area (Å²) in [5.74, 6) is 0.853. The summed E-state index contributed by atoms with van der Waals surface area (Å²) in [6, 6.07) is 11.5. The van der Waals surface area contributed by atoms with E-state index in [2.05, 4.69) is 39.6 Å². The van der Waals surface area contributed by atoms with Crippen LogP contribution in [0, 0.1) is 22.7 Å². The van der Waals surface area contributed by atoms with Crippen molar-refractivity contribution in [1.82, 2.24) is 20.5 Å². The fourth-order valence-electron chi connectivity index (χ4n) is 4.27. The van der Waals surface area contributed by atoms with Gasteiger partial charge in [-0.05, 0) is 50.0 Å². The summed E-state index contributed by atoms with van der Waals surface area (Å²) in [5, 5.41) is 34.1. The highest BCUT2D eigenvalue weighted by atomic mass is 32.2. The average molecular weight is 536 g/mol. The van der Waals surface area contributed by atoms with Crippen LogP contribution < -0.4 is 15.5 Å². The molecule has 1 aromatic carbocycles. The van der Waals surface area contributed by atoms with Crippen LogP contribution in [0.2, 0.25) is 0 Å². The van der Waals surface area contributed by atoms with Gasteiger partial charge in [-0.3, -0.25) is 4.79 Å². The number of aromatic nitrogens is 1. The maximum absolute atomic E-state index is 12.0. The first-order valence-corrected chi connectivity index (χ1v) is 13.5. The molecule has 2 aromatic rings. The lowest BCUT2D eigenvalue weighted by molar-refractivity contribution is -0.122. The fourth-order valence-corrected chi connectivity index (χ4v) is 5.23. The first kappa shape index (κ1) is 28.8.